The van der Waals surface area contributed by atoms with Crippen LogP contribution in [0.25, 0.3) is 0 Å². The molecule has 0 saturated carbocycles. The van der Waals surface area contributed by atoms with Gasteiger partial charge in [0.1, 0.15) is 17.2 Å². The van der Waals surface area contributed by atoms with Crippen molar-refractivity contribution in [1.29, 1.82) is 0 Å². The predicted octanol–water partition coefficient (Wildman–Crippen LogP) is 3.55. The van der Waals surface area contributed by atoms with Gasteiger partial charge in [0.25, 0.3) is 0 Å². The van der Waals surface area contributed by atoms with Crippen LogP contribution >= 0.6 is 11.6 Å². The average Bonchev–Trinajstić information content (AvgIpc) is 2.55. The molecule has 0 atom stereocenters. The van der Waals surface area contributed by atoms with E-state index in [9.17, 15) is 4.79 Å². The average molecular weight is 336 g/mol. The molecule has 0 aliphatic rings. The van der Waals surface area contributed by atoms with E-state index in [1.165, 1.54) is 7.11 Å². The number of methoxy groups -OCH3 is 3. The molecular weight excluding hydrogens is 318 g/mol. The Labute approximate surface area is 140 Å². The van der Waals surface area contributed by atoms with E-state index in [1.807, 2.05) is 0 Å². The molecule has 0 radical (unpaired) electrons. The first-order valence-electron chi connectivity index (χ1n) is 6.91. The maximum absolute atomic E-state index is 12.2. The first-order valence-corrected chi connectivity index (χ1v) is 7.29. The van der Waals surface area contributed by atoms with Gasteiger partial charge >= 0.3 is 0 Å². The van der Waals surface area contributed by atoms with E-state index in [1.54, 1.807) is 50.6 Å². The summed E-state index contributed by atoms with van der Waals surface area (Å²) in [5, 5.41) is 3.23. The zero-order valence-electron chi connectivity index (χ0n) is 13.2. The van der Waals surface area contributed by atoms with Crippen LogP contribution in [0.1, 0.15) is 5.56 Å². The molecule has 5 nitrogen and oxygen atoms in total. The number of hydrogen-bond acceptors (Lipinski definition) is 4. The lowest BCUT2D eigenvalue weighted by atomic mass is 10.1. The molecule has 0 heterocycles. The maximum atomic E-state index is 12.2. The van der Waals surface area contributed by atoms with Crippen molar-refractivity contribution in [2.45, 2.75) is 6.42 Å². The molecule has 0 spiro atoms. The van der Waals surface area contributed by atoms with E-state index in [4.69, 9.17) is 25.8 Å². The van der Waals surface area contributed by atoms with Crippen LogP contribution < -0.4 is 19.5 Å². The van der Waals surface area contributed by atoms with Gasteiger partial charge < -0.3 is 19.5 Å². The van der Waals surface area contributed by atoms with Crippen molar-refractivity contribution in [2.24, 2.45) is 0 Å². The summed E-state index contributed by atoms with van der Waals surface area (Å²) >= 11 is 6.04. The lowest BCUT2D eigenvalue weighted by Gasteiger charge is -2.11. The topological polar surface area (TPSA) is 56.8 Å². The lowest BCUT2D eigenvalue weighted by molar-refractivity contribution is -0.115. The summed E-state index contributed by atoms with van der Waals surface area (Å²) in [6, 6.07) is 10.4. The minimum absolute atomic E-state index is 0.172. The molecule has 1 N–H and O–H groups in total. The Morgan fingerprint density at radius 2 is 1.74 bits per heavy atom. The monoisotopic (exact) mass is 335 g/mol. The highest BCUT2D eigenvalue weighted by Crippen LogP contribution is 2.28. The van der Waals surface area contributed by atoms with Crippen LogP contribution in [0.15, 0.2) is 36.4 Å². The standard InChI is InChI=1S/C17H18ClNO4/c1-21-13-6-4-11(16(10-13)23-3)8-17(20)19-12-5-7-15(22-2)14(18)9-12/h4-7,9-10H,8H2,1-3H3,(H,19,20). The maximum Gasteiger partial charge on any atom is 0.228 e. The Balaban J connectivity index is 2.09. The van der Waals surface area contributed by atoms with E-state index >= 15 is 0 Å². The molecule has 0 aliphatic heterocycles. The summed E-state index contributed by atoms with van der Waals surface area (Å²) in [7, 11) is 4.67. The molecule has 0 aromatic heterocycles. The van der Waals surface area contributed by atoms with Crippen LogP contribution in [-0.2, 0) is 11.2 Å². The highest BCUT2D eigenvalue weighted by Gasteiger charge is 2.11. The highest BCUT2D eigenvalue weighted by atomic mass is 35.5. The number of anilines is 1. The van der Waals surface area contributed by atoms with Crippen LogP contribution in [0.2, 0.25) is 5.02 Å². The molecule has 0 saturated heterocycles. The zero-order valence-corrected chi connectivity index (χ0v) is 13.9. The molecule has 2 aromatic carbocycles. The molecule has 23 heavy (non-hydrogen) atoms. The Hall–Kier alpha value is -2.40. The van der Waals surface area contributed by atoms with Gasteiger partial charge in [-0.3, -0.25) is 4.79 Å². The van der Waals surface area contributed by atoms with Crippen molar-refractivity contribution in [1.82, 2.24) is 0 Å². The summed E-state index contributed by atoms with van der Waals surface area (Å²) in [4.78, 5) is 12.2. The van der Waals surface area contributed by atoms with E-state index in [0.29, 0.717) is 28.0 Å². The Bertz CT molecular complexity index is 703. The highest BCUT2D eigenvalue weighted by molar-refractivity contribution is 6.32. The summed E-state index contributed by atoms with van der Waals surface area (Å²) in [5.74, 6) is 1.66. The van der Waals surface area contributed by atoms with Gasteiger partial charge in [-0.25, -0.2) is 0 Å². The first kappa shape index (κ1) is 17.0. The quantitative estimate of drug-likeness (QED) is 0.877. The summed E-state index contributed by atoms with van der Waals surface area (Å²) in [5.41, 5.74) is 1.37. The van der Waals surface area contributed by atoms with Gasteiger partial charge in [-0.05, 0) is 24.3 Å². The zero-order chi connectivity index (χ0) is 16.8. The van der Waals surface area contributed by atoms with E-state index < -0.39 is 0 Å². The van der Waals surface area contributed by atoms with Crippen molar-refractivity contribution >= 4 is 23.2 Å². The Morgan fingerprint density at radius 1 is 1.00 bits per heavy atom. The molecule has 2 aromatic rings. The fourth-order valence-corrected chi connectivity index (χ4v) is 2.38. The third-order valence-electron chi connectivity index (χ3n) is 3.28. The van der Waals surface area contributed by atoms with Gasteiger partial charge in [0, 0.05) is 17.3 Å². The van der Waals surface area contributed by atoms with Crippen molar-refractivity contribution in [2.75, 3.05) is 26.6 Å². The smallest absolute Gasteiger partial charge is 0.228 e. The molecule has 0 unspecified atom stereocenters. The second-order valence-corrected chi connectivity index (χ2v) is 5.16. The van der Waals surface area contributed by atoms with Crippen molar-refractivity contribution < 1.29 is 19.0 Å². The molecule has 0 aliphatic carbocycles. The number of nitrogens with one attached hydrogen (secondary N) is 1. The summed E-state index contributed by atoms with van der Waals surface area (Å²) < 4.78 is 15.5. The second-order valence-electron chi connectivity index (χ2n) is 4.75. The minimum Gasteiger partial charge on any atom is -0.497 e. The normalized spacial score (nSPS) is 10.1. The molecule has 6 heteroatoms. The Morgan fingerprint density at radius 3 is 2.35 bits per heavy atom. The van der Waals surface area contributed by atoms with E-state index in [-0.39, 0.29) is 12.3 Å². The minimum atomic E-state index is -0.172. The number of carbonyl (C=O) groups is 1. The molecular formula is C17H18ClNO4. The summed E-state index contributed by atoms with van der Waals surface area (Å²) in [6.45, 7) is 0. The van der Waals surface area contributed by atoms with Crippen LogP contribution in [0.3, 0.4) is 0 Å². The van der Waals surface area contributed by atoms with Crippen LogP contribution in [0.4, 0.5) is 5.69 Å². The molecule has 122 valence electrons. The number of carbonyl (C=O) groups excluding carboxylic acids is 1. The Kier molecular flexibility index (Phi) is 5.71. The van der Waals surface area contributed by atoms with Crippen LogP contribution in [-0.4, -0.2) is 27.2 Å². The van der Waals surface area contributed by atoms with Gasteiger partial charge in [0.2, 0.25) is 5.91 Å². The molecule has 2 rings (SSSR count). The SMILES string of the molecule is COc1ccc(CC(=O)Nc2ccc(OC)c(Cl)c2)c(OC)c1. The van der Waals surface area contributed by atoms with Gasteiger partial charge in [0.15, 0.2) is 0 Å². The fraction of sp³-hybridized carbons (Fsp3) is 0.235. The number of benzene rings is 2. The molecule has 0 bridgehead atoms. The number of amides is 1. The predicted molar refractivity (Wildman–Crippen MR) is 89.9 cm³/mol. The van der Waals surface area contributed by atoms with E-state index in [0.717, 1.165) is 5.56 Å². The van der Waals surface area contributed by atoms with Crippen LogP contribution in [0, 0.1) is 0 Å². The third-order valence-corrected chi connectivity index (χ3v) is 3.58. The lowest BCUT2D eigenvalue weighted by Crippen LogP contribution is -2.15. The van der Waals surface area contributed by atoms with Crippen LogP contribution in [0.5, 0.6) is 17.2 Å². The first-order chi connectivity index (χ1) is 11.1. The van der Waals surface area contributed by atoms with E-state index in [2.05, 4.69) is 5.32 Å². The third kappa shape index (κ3) is 4.29. The van der Waals surface area contributed by atoms with Crippen molar-refractivity contribution in [3.8, 4) is 17.2 Å². The molecule has 0 fully saturated rings. The largest absolute Gasteiger partial charge is 0.497 e. The van der Waals surface area contributed by atoms with Crippen molar-refractivity contribution in [3.63, 3.8) is 0 Å². The fourth-order valence-electron chi connectivity index (χ4n) is 2.12. The number of ether oxygens (including phenoxy) is 3. The number of halogens is 1. The molecule has 1 amide bonds. The number of hydrogen-bond donors (Lipinski definition) is 1. The van der Waals surface area contributed by atoms with Gasteiger partial charge in [-0.15, -0.1) is 0 Å². The summed E-state index contributed by atoms with van der Waals surface area (Å²) in [6.07, 6.45) is 0.177. The number of rotatable bonds is 6. The van der Waals surface area contributed by atoms with Gasteiger partial charge in [-0.2, -0.15) is 0 Å². The van der Waals surface area contributed by atoms with Gasteiger partial charge in [-0.1, -0.05) is 17.7 Å². The van der Waals surface area contributed by atoms with Gasteiger partial charge in [0.05, 0.1) is 32.8 Å². The van der Waals surface area contributed by atoms with Crippen molar-refractivity contribution in [3.05, 3.63) is 47.0 Å². The second kappa shape index (κ2) is 7.74.